The molecular formula is C13H18N2O3. The highest BCUT2D eigenvalue weighted by Gasteiger charge is 2.26. The van der Waals surface area contributed by atoms with Crippen LogP contribution in [0.25, 0.3) is 0 Å². The molecule has 2 aliphatic rings. The van der Waals surface area contributed by atoms with Gasteiger partial charge in [-0.1, -0.05) is 6.07 Å². The number of aliphatic hydroxyl groups is 1. The van der Waals surface area contributed by atoms with Crippen LogP contribution >= 0.6 is 0 Å². The largest absolute Gasteiger partial charge is 0.483 e. The summed E-state index contributed by atoms with van der Waals surface area (Å²) in [6, 6.07) is 6.29. The predicted molar refractivity (Wildman–Crippen MR) is 68.2 cm³/mol. The van der Waals surface area contributed by atoms with Crippen LogP contribution in [0.2, 0.25) is 0 Å². The normalized spacial score (nSPS) is 27.1. The van der Waals surface area contributed by atoms with Crippen LogP contribution in [0.5, 0.6) is 11.5 Å². The zero-order valence-electron chi connectivity index (χ0n) is 10.4. The van der Waals surface area contributed by atoms with Gasteiger partial charge in [0.25, 0.3) is 0 Å². The third-order valence-corrected chi connectivity index (χ3v) is 3.30. The van der Waals surface area contributed by atoms with Gasteiger partial charge in [0.1, 0.15) is 0 Å². The van der Waals surface area contributed by atoms with E-state index in [0.29, 0.717) is 17.5 Å². The Balaban J connectivity index is 1.92. The lowest BCUT2D eigenvalue weighted by Crippen LogP contribution is -2.49. The molecule has 2 heterocycles. The maximum absolute atomic E-state index is 9.55. The molecule has 2 N–H and O–H groups in total. The maximum atomic E-state index is 9.55. The van der Waals surface area contributed by atoms with Crippen LogP contribution in [0, 0.1) is 0 Å². The number of anilines is 1. The molecular weight excluding hydrogens is 232 g/mol. The first-order valence-electron chi connectivity index (χ1n) is 6.33. The second-order valence-electron chi connectivity index (χ2n) is 4.79. The minimum atomic E-state index is -0.876. The third kappa shape index (κ3) is 2.11. The Kier molecular flexibility index (Phi) is 3.01. The van der Waals surface area contributed by atoms with Gasteiger partial charge in [0.05, 0.1) is 5.69 Å². The maximum Gasteiger partial charge on any atom is 0.232 e. The molecule has 3 rings (SSSR count). The molecule has 5 heteroatoms. The summed E-state index contributed by atoms with van der Waals surface area (Å²) in [5, 5.41) is 13.0. The molecule has 0 aromatic heterocycles. The molecule has 18 heavy (non-hydrogen) atoms. The summed E-state index contributed by atoms with van der Waals surface area (Å²) in [5.41, 5.74) is 1.000. The molecule has 2 atom stereocenters. The summed E-state index contributed by atoms with van der Waals surface area (Å²) in [5.74, 6) is 1.37. The smallest absolute Gasteiger partial charge is 0.232 e. The van der Waals surface area contributed by atoms with Gasteiger partial charge in [-0.3, -0.25) is 0 Å². The van der Waals surface area contributed by atoms with Crippen LogP contribution in [-0.2, 0) is 0 Å². The fraction of sp³-hybridized carbons (Fsp3) is 0.538. The second-order valence-corrected chi connectivity index (χ2v) is 4.79. The second kappa shape index (κ2) is 4.66. The van der Waals surface area contributed by atoms with E-state index in [0.717, 1.165) is 25.3 Å². The van der Waals surface area contributed by atoms with Crippen molar-refractivity contribution in [2.75, 3.05) is 31.1 Å². The van der Waals surface area contributed by atoms with Crippen LogP contribution in [-0.4, -0.2) is 43.7 Å². The Morgan fingerprint density at radius 2 is 2.33 bits per heavy atom. The van der Waals surface area contributed by atoms with Crippen molar-refractivity contribution in [1.82, 2.24) is 5.32 Å². The van der Waals surface area contributed by atoms with Gasteiger partial charge in [0.2, 0.25) is 6.29 Å². The molecule has 0 spiro atoms. The van der Waals surface area contributed by atoms with Crippen molar-refractivity contribution in [2.24, 2.45) is 0 Å². The fourth-order valence-electron chi connectivity index (χ4n) is 2.47. The lowest BCUT2D eigenvalue weighted by atomic mass is 10.1. The van der Waals surface area contributed by atoms with Crippen molar-refractivity contribution in [1.29, 1.82) is 0 Å². The van der Waals surface area contributed by atoms with Crippen LogP contribution in [0.15, 0.2) is 18.2 Å². The summed E-state index contributed by atoms with van der Waals surface area (Å²) in [4.78, 5) is 2.27. The number of para-hydroxylation sites is 1. The summed E-state index contributed by atoms with van der Waals surface area (Å²) in [6.07, 6.45) is -0.876. The lowest BCUT2D eigenvalue weighted by Gasteiger charge is -2.36. The molecule has 0 amide bonds. The van der Waals surface area contributed by atoms with E-state index in [1.54, 1.807) is 0 Å². The van der Waals surface area contributed by atoms with Crippen LogP contribution in [0.4, 0.5) is 5.69 Å². The minimum absolute atomic E-state index is 0.189. The number of hydrogen-bond acceptors (Lipinski definition) is 5. The lowest BCUT2D eigenvalue weighted by molar-refractivity contribution is -0.0666. The summed E-state index contributed by atoms with van der Waals surface area (Å²) in [7, 11) is 0. The van der Waals surface area contributed by atoms with Crippen molar-refractivity contribution in [3.8, 4) is 11.5 Å². The standard InChI is InChI=1S/C13H18N2O3/c1-9-7-15(6-5-14-9)10-3-2-4-11-13(10)18-12(16)8-17-11/h2-4,9,12,14,16H,5-8H2,1H3. The number of fused-ring (bicyclic) bond motifs is 1. The number of nitrogens with one attached hydrogen (secondary N) is 1. The van der Waals surface area contributed by atoms with E-state index in [4.69, 9.17) is 9.47 Å². The van der Waals surface area contributed by atoms with E-state index in [1.165, 1.54) is 0 Å². The topological polar surface area (TPSA) is 54.0 Å². The molecule has 1 saturated heterocycles. The van der Waals surface area contributed by atoms with E-state index in [1.807, 2.05) is 18.2 Å². The van der Waals surface area contributed by atoms with Gasteiger partial charge in [-0.05, 0) is 19.1 Å². The minimum Gasteiger partial charge on any atom is -0.483 e. The molecule has 5 nitrogen and oxygen atoms in total. The van der Waals surface area contributed by atoms with Gasteiger partial charge in [0, 0.05) is 25.7 Å². The zero-order chi connectivity index (χ0) is 12.5. The van der Waals surface area contributed by atoms with Gasteiger partial charge >= 0.3 is 0 Å². The van der Waals surface area contributed by atoms with E-state index in [9.17, 15) is 5.11 Å². The molecule has 98 valence electrons. The Hall–Kier alpha value is -1.46. The van der Waals surface area contributed by atoms with Crippen molar-refractivity contribution < 1.29 is 14.6 Å². The van der Waals surface area contributed by atoms with Crippen molar-refractivity contribution in [3.05, 3.63) is 18.2 Å². The molecule has 2 aliphatic heterocycles. The first-order chi connectivity index (χ1) is 8.74. The fourth-order valence-corrected chi connectivity index (χ4v) is 2.47. The monoisotopic (exact) mass is 250 g/mol. The van der Waals surface area contributed by atoms with Crippen LogP contribution in [0.3, 0.4) is 0 Å². The summed E-state index contributed by atoms with van der Waals surface area (Å²) >= 11 is 0. The van der Waals surface area contributed by atoms with Crippen molar-refractivity contribution >= 4 is 5.69 Å². The number of hydrogen-bond donors (Lipinski definition) is 2. The highest BCUT2D eigenvalue weighted by Crippen LogP contribution is 2.40. The number of benzene rings is 1. The molecule has 2 unspecified atom stereocenters. The summed E-state index contributed by atoms with van der Waals surface area (Å²) in [6.45, 7) is 5.16. The van der Waals surface area contributed by atoms with E-state index < -0.39 is 6.29 Å². The van der Waals surface area contributed by atoms with Crippen molar-refractivity contribution in [3.63, 3.8) is 0 Å². The van der Waals surface area contributed by atoms with Gasteiger partial charge in [-0.2, -0.15) is 0 Å². The van der Waals surface area contributed by atoms with Gasteiger partial charge in [0.15, 0.2) is 18.1 Å². The Bertz CT molecular complexity index is 438. The van der Waals surface area contributed by atoms with Crippen molar-refractivity contribution in [2.45, 2.75) is 19.3 Å². The molecule has 1 aromatic rings. The highest BCUT2D eigenvalue weighted by atomic mass is 16.7. The van der Waals surface area contributed by atoms with E-state index >= 15 is 0 Å². The molecule has 0 aliphatic carbocycles. The number of aliphatic hydroxyl groups excluding tert-OH is 1. The first-order valence-corrected chi connectivity index (χ1v) is 6.33. The van der Waals surface area contributed by atoms with Crippen LogP contribution < -0.4 is 19.7 Å². The van der Waals surface area contributed by atoms with E-state index in [2.05, 4.69) is 17.1 Å². The van der Waals surface area contributed by atoms with Gasteiger partial charge in [-0.25, -0.2) is 0 Å². The number of piperazine rings is 1. The molecule has 0 saturated carbocycles. The number of rotatable bonds is 1. The Morgan fingerprint density at radius 3 is 3.17 bits per heavy atom. The predicted octanol–water partition coefficient (Wildman–Crippen LogP) is 0.574. The Morgan fingerprint density at radius 1 is 1.44 bits per heavy atom. The molecule has 1 fully saturated rings. The molecule has 0 radical (unpaired) electrons. The average Bonchev–Trinajstić information content (AvgIpc) is 2.38. The van der Waals surface area contributed by atoms with Gasteiger partial charge in [-0.15, -0.1) is 0 Å². The summed E-state index contributed by atoms with van der Waals surface area (Å²) < 4.78 is 11.0. The first kappa shape index (κ1) is 11.6. The zero-order valence-corrected chi connectivity index (χ0v) is 10.4. The van der Waals surface area contributed by atoms with Gasteiger partial charge < -0.3 is 24.8 Å². The average molecular weight is 250 g/mol. The SMILES string of the molecule is CC1CN(c2cccc3c2OC(O)CO3)CCN1. The molecule has 0 bridgehead atoms. The number of ether oxygens (including phenoxy) is 2. The van der Waals surface area contributed by atoms with E-state index in [-0.39, 0.29) is 6.61 Å². The quantitative estimate of drug-likeness (QED) is 0.763. The highest BCUT2D eigenvalue weighted by molar-refractivity contribution is 5.65. The number of nitrogens with zero attached hydrogens (tertiary/aromatic N) is 1. The third-order valence-electron chi connectivity index (χ3n) is 3.30. The Labute approximate surface area is 106 Å². The molecule has 1 aromatic carbocycles. The van der Waals surface area contributed by atoms with Crippen LogP contribution in [0.1, 0.15) is 6.92 Å².